The van der Waals surface area contributed by atoms with E-state index in [-0.39, 0.29) is 10.5 Å². The molecule has 0 radical (unpaired) electrons. The average molecular weight is 205 g/mol. The molecule has 0 amide bonds. The van der Waals surface area contributed by atoms with Crippen LogP contribution in [0.1, 0.15) is 15.8 Å². The van der Waals surface area contributed by atoms with Crippen LogP contribution in [0.5, 0.6) is 0 Å². The number of carbonyl (C=O) groups is 1. The molecule has 1 rings (SSSR count). The van der Waals surface area contributed by atoms with E-state index in [1.165, 1.54) is 0 Å². The summed E-state index contributed by atoms with van der Waals surface area (Å²) in [5.74, 6) is -1.39. The van der Waals surface area contributed by atoms with Gasteiger partial charge >= 0.3 is 5.97 Å². The topological polar surface area (TPSA) is 37.3 Å². The minimum absolute atomic E-state index is 0.129. The SMILES string of the molecule is [2H]c1c([2H])c([2H])c(C(=O)O)c(Br)c1[2H]. The number of benzene rings is 1. The van der Waals surface area contributed by atoms with Crippen molar-refractivity contribution < 1.29 is 15.4 Å². The number of aromatic carboxylic acids is 1. The fourth-order valence-corrected chi connectivity index (χ4v) is 0.812. The largest absolute Gasteiger partial charge is 0.478 e. The molecule has 2 nitrogen and oxygen atoms in total. The Labute approximate surface area is 72.2 Å². The summed E-state index contributed by atoms with van der Waals surface area (Å²) < 4.78 is 29.0. The van der Waals surface area contributed by atoms with E-state index in [9.17, 15) is 4.79 Å². The molecule has 0 aromatic heterocycles. The zero-order valence-corrected chi connectivity index (χ0v) is 6.32. The Kier molecular flexibility index (Phi) is 1.00. The normalized spacial score (nSPS) is 14.9. The fraction of sp³-hybridized carbons (Fsp3) is 0. The number of rotatable bonds is 1. The number of hydrogen-bond donors (Lipinski definition) is 1. The molecule has 0 atom stereocenters. The molecule has 0 saturated carbocycles. The van der Waals surface area contributed by atoms with E-state index in [0.29, 0.717) is 0 Å². The molecule has 0 bridgehead atoms. The van der Waals surface area contributed by atoms with Gasteiger partial charge in [-0.1, -0.05) is 12.1 Å². The molecular formula is C7H5BrO2. The van der Waals surface area contributed by atoms with Gasteiger partial charge in [0.25, 0.3) is 0 Å². The Bertz CT molecular complexity index is 390. The monoisotopic (exact) mass is 204 g/mol. The fourth-order valence-electron chi connectivity index (χ4n) is 0.445. The smallest absolute Gasteiger partial charge is 0.336 e. The first-order chi connectivity index (χ1) is 6.37. The molecule has 0 aliphatic rings. The molecule has 1 aromatic rings. The van der Waals surface area contributed by atoms with Crippen molar-refractivity contribution in [3.05, 3.63) is 34.2 Å². The number of hydrogen-bond acceptors (Lipinski definition) is 1. The van der Waals surface area contributed by atoms with E-state index in [0.717, 1.165) is 0 Å². The van der Waals surface area contributed by atoms with E-state index in [2.05, 4.69) is 15.9 Å². The van der Waals surface area contributed by atoms with Crippen molar-refractivity contribution in [2.75, 3.05) is 0 Å². The second kappa shape index (κ2) is 2.84. The van der Waals surface area contributed by atoms with Crippen LogP contribution in [0, 0.1) is 0 Å². The van der Waals surface area contributed by atoms with Gasteiger partial charge in [0.05, 0.1) is 11.0 Å². The highest BCUT2D eigenvalue weighted by molar-refractivity contribution is 9.10. The molecule has 3 heteroatoms. The van der Waals surface area contributed by atoms with Crippen LogP contribution in [-0.4, -0.2) is 11.1 Å². The van der Waals surface area contributed by atoms with Crippen molar-refractivity contribution in [2.24, 2.45) is 0 Å². The molecule has 1 aromatic carbocycles. The summed E-state index contributed by atoms with van der Waals surface area (Å²) in [7, 11) is 0. The third kappa shape index (κ3) is 1.36. The third-order valence-electron chi connectivity index (χ3n) is 0.856. The summed E-state index contributed by atoms with van der Waals surface area (Å²) in [6.07, 6.45) is 0. The van der Waals surface area contributed by atoms with Gasteiger partial charge in [-0.3, -0.25) is 0 Å². The summed E-state index contributed by atoms with van der Waals surface area (Å²) in [6.45, 7) is 0. The highest BCUT2D eigenvalue weighted by Gasteiger charge is 2.04. The lowest BCUT2D eigenvalue weighted by atomic mass is 10.2. The summed E-state index contributed by atoms with van der Waals surface area (Å²) in [5, 5.41) is 8.71. The first-order valence-electron chi connectivity index (χ1n) is 4.37. The van der Waals surface area contributed by atoms with Gasteiger partial charge in [-0.05, 0) is 28.0 Å². The highest BCUT2D eigenvalue weighted by atomic mass is 79.9. The van der Waals surface area contributed by atoms with Crippen molar-refractivity contribution in [3.63, 3.8) is 0 Å². The zero-order valence-electron chi connectivity index (χ0n) is 8.73. The second-order valence-electron chi connectivity index (χ2n) is 1.49. The van der Waals surface area contributed by atoms with Crippen molar-refractivity contribution in [1.29, 1.82) is 0 Å². The summed E-state index contributed by atoms with van der Waals surface area (Å²) >= 11 is 2.82. The maximum atomic E-state index is 10.7. The first-order valence-corrected chi connectivity index (χ1v) is 3.16. The number of carboxylic acid groups (broad SMARTS) is 1. The summed E-state index contributed by atoms with van der Waals surface area (Å²) in [5.41, 5.74) is -0.448. The maximum absolute atomic E-state index is 10.7. The van der Waals surface area contributed by atoms with Crippen LogP contribution in [0.2, 0.25) is 0 Å². The van der Waals surface area contributed by atoms with E-state index in [4.69, 9.17) is 10.6 Å². The first kappa shape index (κ1) is 3.53. The van der Waals surface area contributed by atoms with Gasteiger partial charge in [-0.25, -0.2) is 4.79 Å². The molecule has 10 heavy (non-hydrogen) atoms. The zero-order chi connectivity index (χ0) is 11.0. The summed E-state index contributed by atoms with van der Waals surface area (Å²) in [4.78, 5) is 10.7. The highest BCUT2D eigenvalue weighted by Crippen LogP contribution is 2.14. The van der Waals surface area contributed by atoms with E-state index < -0.39 is 29.7 Å². The molecule has 52 valence electrons. The summed E-state index contributed by atoms with van der Waals surface area (Å²) in [6, 6.07) is -1.93. The van der Waals surface area contributed by atoms with Crippen LogP contribution >= 0.6 is 15.9 Å². The van der Waals surface area contributed by atoms with Gasteiger partial charge < -0.3 is 5.11 Å². The van der Waals surface area contributed by atoms with E-state index in [1.807, 2.05) is 0 Å². The second-order valence-corrected chi connectivity index (χ2v) is 2.29. The average Bonchev–Trinajstić information content (AvgIpc) is 2.11. The Morgan fingerprint density at radius 3 is 2.80 bits per heavy atom. The van der Waals surface area contributed by atoms with Crippen LogP contribution in [0.25, 0.3) is 0 Å². The van der Waals surface area contributed by atoms with Crippen LogP contribution < -0.4 is 0 Å². The standard InChI is InChI=1S/C7H5BrO2/c8-6-4-2-1-3-5(6)7(9)10/h1-4H,(H,9,10)/i1D,2D,3D,4D. The lowest BCUT2D eigenvalue weighted by molar-refractivity contribution is 0.0696. The molecule has 0 aliphatic heterocycles. The van der Waals surface area contributed by atoms with Crippen molar-refractivity contribution in [2.45, 2.75) is 0 Å². The lowest BCUT2D eigenvalue weighted by Gasteiger charge is -1.94. The molecule has 0 aliphatic carbocycles. The van der Waals surface area contributed by atoms with Crippen LogP contribution in [-0.2, 0) is 0 Å². The molecule has 0 heterocycles. The van der Waals surface area contributed by atoms with Crippen LogP contribution in [0.3, 0.4) is 0 Å². The Hall–Kier alpha value is -0.830. The number of carboxylic acids is 1. The van der Waals surface area contributed by atoms with Gasteiger partial charge in [-0.15, -0.1) is 0 Å². The Balaban J connectivity index is 3.68. The van der Waals surface area contributed by atoms with Gasteiger partial charge in [0.1, 0.15) is 0 Å². The van der Waals surface area contributed by atoms with Crippen molar-refractivity contribution >= 4 is 21.9 Å². The Morgan fingerprint density at radius 2 is 2.20 bits per heavy atom. The molecule has 0 unspecified atom stereocenters. The van der Waals surface area contributed by atoms with E-state index >= 15 is 0 Å². The van der Waals surface area contributed by atoms with Crippen LogP contribution in [0.4, 0.5) is 0 Å². The van der Waals surface area contributed by atoms with Gasteiger partial charge in [0.15, 0.2) is 0 Å². The number of halogens is 1. The van der Waals surface area contributed by atoms with Gasteiger partial charge in [0.2, 0.25) is 0 Å². The predicted molar refractivity (Wildman–Crippen MR) is 41.1 cm³/mol. The molecule has 0 fully saturated rings. The van der Waals surface area contributed by atoms with Gasteiger partial charge in [0, 0.05) is 4.47 Å². The van der Waals surface area contributed by atoms with E-state index in [1.54, 1.807) is 0 Å². The Morgan fingerprint density at radius 1 is 1.60 bits per heavy atom. The van der Waals surface area contributed by atoms with Gasteiger partial charge in [-0.2, -0.15) is 0 Å². The maximum Gasteiger partial charge on any atom is 0.336 e. The van der Waals surface area contributed by atoms with Crippen molar-refractivity contribution in [3.8, 4) is 0 Å². The third-order valence-corrected chi connectivity index (χ3v) is 1.45. The van der Waals surface area contributed by atoms with Crippen LogP contribution in [0.15, 0.2) is 28.6 Å². The minimum atomic E-state index is -1.39. The molecule has 0 saturated heterocycles. The molecular weight excluding hydrogens is 196 g/mol. The molecule has 0 spiro atoms. The van der Waals surface area contributed by atoms with Crippen molar-refractivity contribution in [1.82, 2.24) is 0 Å². The molecule has 1 N–H and O–H groups in total. The minimum Gasteiger partial charge on any atom is -0.478 e. The lowest BCUT2D eigenvalue weighted by Crippen LogP contribution is -1.95. The predicted octanol–water partition coefficient (Wildman–Crippen LogP) is 2.15. The quantitative estimate of drug-likeness (QED) is 0.762.